The summed E-state index contributed by atoms with van der Waals surface area (Å²) in [6.45, 7) is 6.36. The maximum atomic E-state index is 12.7. The minimum absolute atomic E-state index is 0.105. The monoisotopic (exact) mass is 303 g/mol. The van der Waals surface area contributed by atoms with Gasteiger partial charge >= 0.3 is 6.09 Å². The van der Waals surface area contributed by atoms with Crippen LogP contribution in [0, 0.1) is 0 Å². The van der Waals surface area contributed by atoms with Gasteiger partial charge in [-0.2, -0.15) is 0 Å². The summed E-state index contributed by atoms with van der Waals surface area (Å²) in [6, 6.07) is 5.70. The molecule has 6 heteroatoms. The summed E-state index contributed by atoms with van der Waals surface area (Å²) in [4.78, 5) is 25.8. The van der Waals surface area contributed by atoms with Crippen molar-refractivity contribution in [3.05, 3.63) is 23.8 Å². The zero-order chi connectivity index (χ0) is 16.1. The smallest absolute Gasteiger partial charge is 0.407 e. The number of rotatable bonds is 2. The molecule has 2 heterocycles. The van der Waals surface area contributed by atoms with Crippen molar-refractivity contribution >= 4 is 23.4 Å². The highest BCUT2D eigenvalue weighted by molar-refractivity contribution is 6.09. The Morgan fingerprint density at radius 2 is 2.05 bits per heavy atom. The summed E-state index contributed by atoms with van der Waals surface area (Å²) < 4.78 is 0. The number of hydrogen-bond donors (Lipinski definition) is 3. The van der Waals surface area contributed by atoms with Crippen molar-refractivity contribution in [3.63, 3.8) is 0 Å². The lowest BCUT2D eigenvalue weighted by Gasteiger charge is -2.41. The van der Waals surface area contributed by atoms with Crippen LogP contribution in [0.4, 0.5) is 16.2 Å². The molecular formula is C16H21N3O3. The minimum Gasteiger partial charge on any atom is -0.465 e. The van der Waals surface area contributed by atoms with E-state index in [-0.39, 0.29) is 12.5 Å². The van der Waals surface area contributed by atoms with Gasteiger partial charge in [-0.25, -0.2) is 4.79 Å². The van der Waals surface area contributed by atoms with E-state index in [0.717, 1.165) is 16.9 Å². The van der Waals surface area contributed by atoms with Gasteiger partial charge in [0.15, 0.2) is 0 Å². The van der Waals surface area contributed by atoms with Gasteiger partial charge in [0.25, 0.3) is 0 Å². The Balaban J connectivity index is 2.09. The van der Waals surface area contributed by atoms with Gasteiger partial charge in [0.1, 0.15) is 0 Å². The molecule has 0 spiro atoms. The molecule has 1 aromatic carbocycles. The van der Waals surface area contributed by atoms with Crippen molar-refractivity contribution in [1.29, 1.82) is 0 Å². The van der Waals surface area contributed by atoms with Gasteiger partial charge in [-0.05, 0) is 39.3 Å². The Hall–Kier alpha value is -2.24. The number of carboxylic acid groups (broad SMARTS) is 1. The predicted octanol–water partition coefficient (Wildman–Crippen LogP) is 2.47. The molecule has 0 aromatic heterocycles. The Kier molecular flexibility index (Phi) is 3.09. The number of benzene rings is 1. The normalized spacial score (nSPS) is 22.6. The second-order valence-corrected chi connectivity index (χ2v) is 6.98. The molecule has 1 atom stereocenters. The van der Waals surface area contributed by atoms with E-state index >= 15 is 0 Å². The highest BCUT2D eigenvalue weighted by Crippen LogP contribution is 2.48. The Morgan fingerprint density at radius 1 is 1.36 bits per heavy atom. The third-order valence-electron chi connectivity index (χ3n) is 4.56. The molecule has 118 valence electrons. The summed E-state index contributed by atoms with van der Waals surface area (Å²) in [5, 5.41) is 15.8. The average Bonchev–Trinajstić information content (AvgIpc) is 2.70. The summed E-state index contributed by atoms with van der Waals surface area (Å²) in [6.07, 6.45) is -0.415. The van der Waals surface area contributed by atoms with Gasteiger partial charge in [-0.15, -0.1) is 0 Å². The Bertz CT molecular complexity index is 651. The number of nitrogens with one attached hydrogen (secondary N) is 2. The van der Waals surface area contributed by atoms with Crippen molar-refractivity contribution in [2.24, 2.45) is 0 Å². The van der Waals surface area contributed by atoms with E-state index in [0.29, 0.717) is 13.0 Å². The summed E-state index contributed by atoms with van der Waals surface area (Å²) in [5.74, 6) is -0.105. The molecule has 0 bridgehead atoms. The van der Waals surface area contributed by atoms with E-state index < -0.39 is 17.0 Å². The van der Waals surface area contributed by atoms with Gasteiger partial charge in [-0.1, -0.05) is 6.07 Å². The second-order valence-electron chi connectivity index (χ2n) is 6.98. The maximum Gasteiger partial charge on any atom is 0.407 e. The van der Waals surface area contributed by atoms with Crippen LogP contribution in [0.3, 0.4) is 0 Å². The Morgan fingerprint density at radius 3 is 2.68 bits per heavy atom. The maximum absolute atomic E-state index is 12.7. The van der Waals surface area contributed by atoms with E-state index in [9.17, 15) is 14.7 Å². The van der Waals surface area contributed by atoms with Crippen LogP contribution in [0.2, 0.25) is 0 Å². The number of carbonyl (C=O) groups excluding carboxylic acids is 1. The highest BCUT2D eigenvalue weighted by atomic mass is 16.4. The molecule has 1 unspecified atom stereocenters. The molecule has 3 N–H and O–H groups in total. The number of hydrogen-bond acceptors (Lipinski definition) is 3. The lowest BCUT2D eigenvalue weighted by molar-refractivity contribution is -0.122. The third-order valence-corrected chi connectivity index (χ3v) is 4.56. The van der Waals surface area contributed by atoms with Crippen LogP contribution in [-0.4, -0.2) is 40.6 Å². The molecule has 6 nitrogen and oxygen atoms in total. The molecule has 0 aliphatic carbocycles. The van der Waals surface area contributed by atoms with Gasteiger partial charge < -0.3 is 20.6 Å². The van der Waals surface area contributed by atoms with Gasteiger partial charge in [0.2, 0.25) is 5.91 Å². The fraction of sp³-hybridized carbons (Fsp3) is 0.500. The van der Waals surface area contributed by atoms with Crippen molar-refractivity contribution in [2.75, 3.05) is 23.7 Å². The van der Waals surface area contributed by atoms with E-state index in [2.05, 4.69) is 10.6 Å². The lowest BCUT2D eigenvalue weighted by Crippen LogP contribution is -2.55. The molecule has 0 radical (unpaired) electrons. The quantitative estimate of drug-likeness (QED) is 0.784. The molecule has 2 amide bonds. The zero-order valence-corrected chi connectivity index (χ0v) is 13.1. The van der Waals surface area contributed by atoms with Crippen molar-refractivity contribution < 1.29 is 14.7 Å². The van der Waals surface area contributed by atoms with Crippen LogP contribution >= 0.6 is 0 Å². The van der Waals surface area contributed by atoms with Crippen molar-refractivity contribution in [1.82, 2.24) is 4.90 Å². The van der Waals surface area contributed by atoms with Crippen LogP contribution in [0.5, 0.6) is 0 Å². The van der Waals surface area contributed by atoms with Crippen molar-refractivity contribution in [2.45, 2.75) is 38.1 Å². The van der Waals surface area contributed by atoms with Gasteiger partial charge in [0, 0.05) is 35.6 Å². The molecular weight excluding hydrogens is 282 g/mol. The second kappa shape index (κ2) is 4.63. The average molecular weight is 303 g/mol. The summed E-state index contributed by atoms with van der Waals surface area (Å²) >= 11 is 0. The largest absolute Gasteiger partial charge is 0.465 e. The first kappa shape index (κ1) is 14.7. The van der Waals surface area contributed by atoms with E-state index in [1.807, 2.05) is 39.0 Å². The number of nitrogens with zero attached hydrogens (tertiary/aromatic N) is 1. The standard InChI is InChI=1S/C16H21N3O3/c1-15(2,3)19(14(21)22)9-16-7-8-17-10-5-4-6-11(12(10)16)18-13(16)20/h4-6,17H,7-9H2,1-3H3,(H,18,20)(H,21,22). The van der Waals surface area contributed by atoms with E-state index in [1.165, 1.54) is 4.90 Å². The van der Waals surface area contributed by atoms with Gasteiger partial charge in [0.05, 0.1) is 5.41 Å². The molecule has 2 aliphatic heterocycles. The molecule has 0 fully saturated rings. The molecule has 0 saturated carbocycles. The molecule has 22 heavy (non-hydrogen) atoms. The molecule has 1 aromatic rings. The first-order valence-corrected chi connectivity index (χ1v) is 7.45. The predicted molar refractivity (Wildman–Crippen MR) is 84.3 cm³/mol. The molecule has 2 aliphatic rings. The van der Waals surface area contributed by atoms with Crippen LogP contribution in [0.25, 0.3) is 0 Å². The van der Waals surface area contributed by atoms with Crippen LogP contribution in [-0.2, 0) is 10.2 Å². The SMILES string of the molecule is CC(C)(C)N(CC12CCNc3cccc(c31)NC2=O)C(=O)O. The highest BCUT2D eigenvalue weighted by Gasteiger charge is 2.52. The molecule has 0 saturated heterocycles. The van der Waals surface area contributed by atoms with Gasteiger partial charge in [-0.3, -0.25) is 4.79 Å². The van der Waals surface area contributed by atoms with Crippen LogP contribution in [0.15, 0.2) is 18.2 Å². The zero-order valence-electron chi connectivity index (χ0n) is 13.1. The first-order valence-electron chi connectivity index (χ1n) is 7.45. The number of amides is 2. The molecule has 3 rings (SSSR count). The summed E-state index contributed by atoms with van der Waals surface area (Å²) in [7, 11) is 0. The summed E-state index contributed by atoms with van der Waals surface area (Å²) in [5.41, 5.74) is 1.24. The Labute approximate surface area is 129 Å². The van der Waals surface area contributed by atoms with Crippen LogP contribution in [0.1, 0.15) is 32.8 Å². The number of carbonyl (C=O) groups is 2. The fourth-order valence-electron chi connectivity index (χ4n) is 3.42. The number of anilines is 2. The van der Waals surface area contributed by atoms with E-state index in [4.69, 9.17) is 0 Å². The van der Waals surface area contributed by atoms with Crippen molar-refractivity contribution in [3.8, 4) is 0 Å². The van der Waals surface area contributed by atoms with E-state index in [1.54, 1.807) is 0 Å². The lowest BCUT2D eigenvalue weighted by atomic mass is 9.74. The topological polar surface area (TPSA) is 81.7 Å². The third kappa shape index (κ3) is 2.01. The minimum atomic E-state index is -1.00. The first-order chi connectivity index (χ1) is 10.3. The fourth-order valence-corrected chi connectivity index (χ4v) is 3.42. The van der Waals surface area contributed by atoms with Crippen LogP contribution < -0.4 is 10.6 Å².